The Labute approximate surface area is 176 Å². The first-order valence-electron chi connectivity index (χ1n) is 9.79. The number of anilines is 2. The van der Waals surface area contributed by atoms with Gasteiger partial charge in [-0.3, -0.25) is 0 Å². The van der Waals surface area contributed by atoms with Crippen LogP contribution in [0.25, 0.3) is 16.9 Å². The van der Waals surface area contributed by atoms with Crippen LogP contribution in [0.15, 0.2) is 24.3 Å². The zero-order chi connectivity index (χ0) is 21.0. The van der Waals surface area contributed by atoms with Crippen molar-refractivity contribution in [2.75, 3.05) is 44.5 Å². The average molecular weight is 418 g/mol. The van der Waals surface area contributed by atoms with Gasteiger partial charge in [-0.05, 0) is 30.5 Å². The van der Waals surface area contributed by atoms with Crippen LogP contribution in [0.4, 0.5) is 11.6 Å². The molecule has 8 heteroatoms. The van der Waals surface area contributed by atoms with Crippen LogP contribution in [-0.2, 0) is 11.2 Å². The molecule has 0 radical (unpaired) electrons. The molecule has 0 saturated heterocycles. The summed E-state index contributed by atoms with van der Waals surface area (Å²) in [6.45, 7) is 6.32. The SMILES string of the molecule is CCCN(CCOC)c1c(OC)c(N)nc2cc(-c3ccc(Cl)cc3CC)nn12. The molecule has 3 rings (SSSR count). The van der Waals surface area contributed by atoms with Crippen LogP contribution in [0, 0.1) is 0 Å². The van der Waals surface area contributed by atoms with Crippen molar-refractivity contribution in [2.24, 2.45) is 0 Å². The monoisotopic (exact) mass is 417 g/mol. The van der Waals surface area contributed by atoms with E-state index in [1.165, 1.54) is 0 Å². The number of rotatable bonds is 9. The molecule has 0 saturated carbocycles. The molecule has 0 atom stereocenters. The fourth-order valence-electron chi connectivity index (χ4n) is 3.50. The number of nitrogens with zero attached hydrogens (tertiary/aromatic N) is 4. The third-order valence-corrected chi connectivity index (χ3v) is 5.08. The van der Waals surface area contributed by atoms with Crippen molar-refractivity contribution in [3.63, 3.8) is 0 Å². The zero-order valence-corrected chi connectivity index (χ0v) is 18.2. The first-order chi connectivity index (χ1) is 14.0. The molecule has 0 bridgehead atoms. The van der Waals surface area contributed by atoms with Crippen LogP contribution in [0.5, 0.6) is 5.75 Å². The fraction of sp³-hybridized carbons (Fsp3) is 0.429. The summed E-state index contributed by atoms with van der Waals surface area (Å²) in [4.78, 5) is 6.69. The molecular formula is C21H28ClN5O2. The van der Waals surface area contributed by atoms with Gasteiger partial charge in [-0.2, -0.15) is 9.61 Å². The van der Waals surface area contributed by atoms with Crippen LogP contribution in [0.3, 0.4) is 0 Å². The standard InChI is InChI=1S/C21H28ClN5O2/c1-5-9-26(10-11-28-3)21-19(29-4)20(23)24-18-13-17(25-27(18)21)16-8-7-15(22)12-14(16)6-2/h7-8,12-13H,5-6,9-11H2,1-4H3,(H2,23,24). The molecule has 0 fully saturated rings. The maximum Gasteiger partial charge on any atom is 0.204 e. The highest BCUT2D eigenvalue weighted by Gasteiger charge is 2.22. The Kier molecular flexibility index (Phi) is 6.82. The van der Waals surface area contributed by atoms with Crippen molar-refractivity contribution in [1.29, 1.82) is 0 Å². The van der Waals surface area contributed by atoms with E-state index in [0.717, 1.165) is 42.0 Å². The minimum Gasteiger partial charge on any atom is -0.490 e. The summed E-state index contributed by atoms with van der Waals surface area (Å²) in [5, 5.41) is 5.59. The van der Waals surface area contributed by atoms with Gasteiger partial charge in [0.15, 0.2) is 17.3 Å². The van der Waals surface area contributed by atoms with E-state index >= 15 is 0 Å². The van der Waals surface area contributed by atoms with Crippen LogP contribution in [0.2, 0.25) is 5.02 Å². The molecule has 0 aliphatic carbocycles. The highest BCUT2D eigenvalue weighted by molar-refractivity contribution is 6.30. The van der Waals surface area contributed by atoms with Gasteiger partial charge in [0.2, 0.25) is 5.75 Å². The zero-order valence-electron chi connectivity index (χ0n) is 17.4. The molecule has 0 amide bonds. The minimum absolute atomic E-state index is 0.340. The van der Waals surface area contributed by atoms with Crippen molar-refractivity contribution >= 4 is 28.9 Å². The Morgan fingerprint density at radius 3 is 2.62 bits per heavy atom. The lowest BCUT2D eigenvalue weighted by Gasteiger charge is -2.26. The van der Waals surface area contributed by atoms with Gasteiger partial charge < -0.3 is 20.1 Å². The molecule has 156 valence electrons. The normalized spacial score (nSPS) is 11.2. The number of hydrogen-bond donors (Lipinski definition) is 1. The number of aryl methyl sites for hydroxylation is 1. The number of methoxy groups -OCH3 is 2. The molecule has 0 aliphatic rings. The third kappa shape index (κ3) is 4.26. The Hall–Kier alpha value is -2.51. The fourth-order valence-corrected chi connectivity index (χ4v) is 3.69. The predicted octanol–water partition coefficient (Wildman–Crippen LogP) is 4.07. The lowest BCUT2D eigenvalue weighted by molar-refractivity contribution is 0.204. The van der Waals surface area contributed by atoms with E-state index in [2.05, 4.69) is 23.7 Å². The van der Waals surface area contributed by atoms with Crippen molar-refractivity contribution in [3.05, 3.63) is 34.9 Å². The van der Waals surface area contributed by atoms with E-state index in [1.54, 1.807) is 14.2 Å². The molecule has 1 aromatic carbocycles. The largest absolute Gasteiger partial charge is 0.490 e. The summed E-state index contributed by atoms with van der Waals surface area (Å²) < 4.78 is 12.7. The molecule has 2 heterocycles. The average Bonchev–Trinajstić information content (AvgIpc) is 3.13. The van der Waals surface area contributed by atoms with Crippen LogP contribution < -0.4 is 15.4 Å². The second-order valence-corrected chi connectivity index (χ2v) is 7.22. The number of nitrogen functional groups attached to an aromatic ring is 1. The molecule has 2 N–H and O–H groups in total. The summed E-state index contributed by atoms with van der Waals surface area (Å²) >= 11 is 6.18. The maximum absolute atomic E-state index is 6.23. The van der Waals surface area contributed by atoms with Crippen molar-refractivity contribution in [1.82, 2.24) is 14.6 Å². The van der Waals surface area contributed by atoms with Crippen molar-refractivity contribution < 1.29 is 9.47 Å². The van der Waals surface area contributed by atoms with E-state index in [-0.39, 0.29) is 0 Å². The quantitative estimate of drug-likeness (QED) is 0.565. The Morgan fingerprint density at radius 2 is 1.97 bits per heavy atom. The summed E-state index contributed by atoms with van der Waals surface area (Å²) in [5.74, 6) is 1.64. The van der Waals surface area contributed by atoms with E-state index in [4.69, 9.17) is 31.9 Å². The molecule has 2 aromatic heterocycles. The van der Waals surface area contributed by atoms with Crippen LogP contribution in [-0.4, -0.2) is 48.5 Å². The Morgan fingerprint density at radius 1 is 1.17 bits per heavy atom. The van der Waals surface area contributed by atoms with Gasteiger partial charge in [0.05, 0.1) is 19.4 Å². The minimum atomic E-state index is 0.340. The lowest BCUT2D eigenvalue weighted by Crippen LogP contribution is -2.31. The topological polar surface area (TPSA) is 77.9 Å². The summed E-state index contributed by atoms with van der Waals surface area (Å²) in [6.07, 6.45) is 1.81. The Balaban J connectivity index is 2.22. The van der Waals surface area contributed by atoms with Crippen LogP contribution >= 0.6 is 11.6 Å². The van der Waals surface area contributed by atoms with Gasteiger partial charge in [0.25, 0.3) is 0 Å². The predicted molar refractivity (Wildman–Crippen MR) is 118 cm³/mol. The molecular weight excluding hydrogens is 390 g/mol. The van der Waals surface area contributed by atoms with Gasteiger partial charge in [0, 0.05) is 36.9 Å². The lowest BCUT2D eigenvalue weighted by atomic mass is 10.0. The summed E-state index contributed by atoms with van der Waals surface area (Å²) in [5.41, 5.74) is 9.89. The number of halogens is 1. The molecule has 29 heavy (non-hydrogen) atoms. The van der Waals surface area contributed by atoms with E-state index in [0.29, 0.717) is 35.4 Å². The first kappa shape index (κ1) is 21.2. The number of hydrogen-bond acceptors (Lipinski definition) is 6. The highest BCUT2D eigenvalue weighted by atomic mass is 35.5. The van der Waals surface area contributed by atoms with Gasteiger partial charge in [-0.15, -0.1) is 0 Å². The van der Waals surface area contributed by atoms with Crippen molar-refractivity contribution in [3.8, 4) is 17.0 Å². The summed E-state index contributed by atoms with van der Waals surface area (Å²) in [6, 6.07) is 7.80. The van der Waals surface area contributed by atoms with Crippen molar-refractivity contribution in [2.45, 2.75) is 26.7 Å². The molecule has 0 aliphatic heterocycles. The maximum atomic E-state index is 6.23. The molecule has 0 spiro atoms. The van der Waals surface area contributed by atoms with Crippen LogP contribution in [0.1, 0.15) is 25.8 Å². The smallest absolute Gasteiger partial charge is 0.204 e. The number of ether oxygens (including phenoxy) is 2. The number of nitrogens with two attached hydrogens (primary N) is 1. The number of benzene rings is 1. The molecule has 0 unspecified atom stereocenters. The second kappa shape index (κ2) is 9.33. The number of aromatic nitrogens is 3. The molecule has 7 nitrogen and oxygen atoms in total. The van der Waals surface area contributed by atoms with E-state index < -0.39 is 0 Å². The van der Waals surface area contributed by atoms with Gasteiger partial charge in [-0.1, -0.05) is 31.5 Å². The summed E-state index contributed by atoms with van der Waals surface area (Å²) in [7, 11) is 3.29. The third-order valence-electron chi connectivity index (χ3n) is 4.85. The molecule has 3 aromatic rings. The van der Waals surface area contributed by atoms with Gasteiger partial charge >= 0.3 is 0 Å². The highest BCUT2D eigenvalue weighted by Crippen LogP contribution is 2.35. The van der Waals surface area contributed by atoms with E-state index in [9.17, 15) is 0 Å². The second-order valence-electron chi connectivity index (χ2n) is 6.79. The Bertz CT molecular complexity index is 989. The number of fused-ring (bicyclic) bond motifs is 1. The first-order valence-corrected chi connectivity index (χ1v) is 10.2. The van der Waals surface area contributed by atoms with Gasteiger partial charge in [-0.25, -0.2) is 4.98 Å². The van der Waals surface area contributed by atoms with Gasteiger partial charge in [0.1, 0.15) is 0 Å². The van der Waals surface area contributed by atoms with E-state index in [1.807, 2.05) is 28.8 Å².